The molecule has 2 aromatic carbocycles. The highest BCUT2D eigenvalue weighted by Crippen LogP contribution is 2.27. The lowest BCUT2D eigenvalue weighted by Crippen LogP contribution is -2.38. The molecule has 4 rings (SSSR count). The van der Waals surface area contributed by atoms with Gasteiger partial charge >= 0.3 is 0 Å². The molecule has 0 N–H and O–H groups in total. The van der Waals surface area contributed by atoms with Crippen molar-refractivity contribution in [3.63, 3.8) is 0 Å². The topological polar surface area (TPSA) is 66.5 Å². The second kappa shape index (κ2) is 6.93. The number of rotatable bonds is 4. The summed E-state index contributed by atoms with van der Waals surface area (Å²) in [6, 6.07) is 17.2. The lowest BCUT2D eigenvalue weighted by atomic mass is 10.1. The number of carbonyl (C=O) groups excluding carboxylic acids is 1. The Morgan fingerprint density at radius 2 is 1.88 bits per heavy atom. The first-order valence-corrected chi connectivity index (χ1v) is 8.66. The molecule has 0 amide bonds. The van der Waals surface area contributed by atoms with Crippen molar-refractivity contribution in [2.45, 2.75) is 18.9 Å². The van der Waals surface area contributed by atoms with Crippen molar-refractivity contribution in [3.05, 3.63) is 59.9 Å². The molecular weight excluding hydrogens is 328 g/mol. The lowest BCUT2D eigenvalue weighted by molar-refractivity contribution is 0.110. The van der Waals surface area contributed by atoms with E-state index in [4.69, 9.17) is 14.4 Å². The summed E-state index contributed by atoms with van der Waals surface area (Å²) in [6.45, 7) is 1.83. The van der Waals surface area contributed by atoms with Gasteiger partial charge in [0.05, 0.1) is 11.6 Å². The van der Waals surface area contributed by atoms with Crippen LogP contribution in [0.15, 0.2) is 52.9 Å². The number of nitrogens with zero attached hydrogens (tertiary/aromatic N) is 2. The zero-order chi connectivity index (χ0) is 17.9. The fourth-order valence-electron chi connectivity index (χ4n) is 3.34. The Morgan fingerprint density at radius 3 is 2.58 bits per heavy atom. The fourth-order valence-corrected chi connectivity index (χ4v) is 3.34. The number of benzene rings is 2. The molecule has 1 aliphatic heterocycles. The number of fused-ring (bicyclic) bond motifs is 1. The van der Waals surface area contributed by atoms with E-state index in [9.17, 15) is 4.79 Å². The van der Waals surface area contributed by atoms with E-state index in [0.717, 1.165) is 42.8 Å². The molecule has 130 valence electrons. The first-order chi connectivity index (χ1) is 12.7. The van der Waals surface area contributed by atoms with Crippen LogP contribution in [0.3, 0.4) is 0 Å². The van der Waals surface area contributed by atoms with Crippen molar-refractivity contribution in [2.24, 2.45) is 0 Å². The number of nitriles is 1. The molecule has 0 radical (unpaired) electrons. The number of ether oxygens (including phenoxy) is 1. The first-order valence-electron chi connectivity index (χ1n) is 8.66. The predicted molar refractivity (Wildman–Crippen MR) is 98.6 cm³/mol. The Morgan fingerprint density at radius 1 is 1.12 bits per heavy atom. The van der Waals surface area contributed by atoms with Gasteiger partial charge in [0.1, 0.15) is 17.4 Å². The van der Waals surface area contributed by atoms with Crippen LogP contribution in [0.5, 0.6) is 5.75 Å². The van der Waals surface area contributed by atoms with E-state index in [2.05, 4.69) is 11.0 Å². The smallest absolute Gasteiger partial charge is 0.185 e. The van der Waals surface area contributed by atoms with E-state index in [1.807, 2.05) is 42.5 Å². The van der Waals surface area contributed by atoms with E-state index in [1.54, 1.807) is 6.07 Å². The van der Waals surface area contributed by atoms with Crippen LogP contribution in [-0.2, 0) is 0 Å². The molecule has 0 bridgehead atoms. The minimum absolute atomic E-state index is 0.166. The molecule has 0 aliphatic carbocycles. The Kier molecular flexibility index (Phi) is 4.32. The summed E-state index contributed by atoms with van der Waals surface area (Å²) in [6.07, 6.45) is 2.74. The molecule has 0 saturated carbocycles. The molecule has 0 unspecified atom stereocenters. The van der Waals surface area contributed by atoms with Crippen LogP contribution in [-0.4, -0.2) is 25.5 Å². The Bertz CT molecular complexity index is 961. The summed E-state index contributed by atoms with van der Waals surface area (Å²) in [4.78, 5) is 13.1. The molecule has 1 saturated heterocycles. The summed E-state index contributed by atoms with van der Waals surface area (Å²) in [5.74, 6) is 1.13. The maximum Gasteiger partial charge on any atom is 0.185 e. The van der Waals surface area contributed by atoms with Gasteiger partial charge in [-0.1, -0.05) is 0 Å². The quantitative estimate of drug-likeness (QED) is 0.664. The molecule has 2 heterocycles. The van der Waals surface area contributed by atoms with Gasteiger partial charge in [-0.25, -0.2) is 0 Å². The molecule has 26 heavy (non-hydrogen) atoms. The van der Waals surface area contributed by atoms with Crippen LogP contribution in [0.2, 0.25) is 0 Å². The highest BCUT2D eigenvalue weighted by Gasteiger charge is 2.21. The highest BCUT2D eigenvalue weighted by atomic mass is 16.5. The van der Waals surface area contributed by atoms with Gasteiger partial charge in [-0.3, -0.25) is 4.79 Å². The Labute approximate surface area is 151 Å². The number of hydrogen-bond acceptors (Lipinski definition) is 5. The summed E-state index contributed by atoms with van der Waals surface area (Å²) >= 11 is 0. The number of anilines is 1. The molecule has 1 aromatic heterocycles. The zero-order valence-corrected chi connectivity index (χ0v) is 14.2. The van der Waals surface area contributed by atoms with Crippen LogP contribution < -0.4 is 9.64 Å². The summed E-state index contributed by atoms with van der Waals surface area (Å²) in [5, 5.41) is 9.77. The maximum absolute atomic E-state index is 10.8. The number of carbonyl (C=O) groups is 1. The van der Waals surface area contributed by atoms with Gasteiger partial charge in [-0.2, -0.15) is 5.26 Å². The standard InChI is InChI=1S/C21H18N2O3/c22-13-15-1-3-17(4-2-15)23-9-7-18(8-10-23)25-19-5-6-21-16(11-19)12-20(14-24)26-21/h1-6,11-12,14,18H,7-10H2. The second-order valence-electron chi connectivity index (χ2n) is 6.43. The van der Waals surface area contributed by atoms with Gasteiger partial charge in [0.2, 0.25) is 0 Å². The number of furan rings is 1. The summed E-state index contributed by atoms with van der Waals surface area (Å²) in [5.41, 5.74) is 2.51. The largest absolute Gasteiger partial charge is 0.490 e. The van der Waals surface area contributed by atoms with Gasteiger partial charge in [0.25, 0.3) is 0 Å². The number of piperidine rings is 1. The van der Waals surface area contributed by atoms with Crippen molar-refractivity contribution < 1.29 is 13.9 Å². The Hall–Kier alpha value is -3.26. The third kappa shape index (κ3) is 3.27. The van der Waals surface area contributed by atoms with Crippen molar-refractivity contribution in [2.75, 3.05) is 18.0 Å². The third-order valence-corrected chi connectivity index (χ3v) is 4.73. The van der Waals surface area contributed by atoms with Gasteiger partial charge in [0.15, 0.2) is 12.0 Å². The SMILES string of the molecule is N#Cc1ccc(N2CCC(Oc3ccc4oc(C=O)cc4c3)CC2)cc1. The minimum atomic E-state index is 0.166. The molecule has 0 spiro atoms. The van der Waals surface area contributed by atoms with Gasteiger partial charge in [-0.15, -0.1) is 0 Å². The second-order valence-corrected chi connectivity index (χ2v) is 6.43. The minimum Gasteiger partial charge on any atom is -0.490 e. The lowest BCUT2D eigenvalue weighted by Gasteiger charge is -2.33. The molecule has 1 aliphatic rings. The molecular formula is C21H18N2O3. The zero-order valence-electron chi connectivity index (χ0n) is 14.2. The van der Waals surface area contributed by atoms with Crippen LogP contribution >= 0.6 is 0 Å². The maximum atomic E-state index is 10.8. The van der Waals surface area contributed by atoms with Crippen molar-refractivity contribution in [1.82, 2.24) is 0 Å². The molecule has 1 fully saturated rings. The van der Waals surface area contributed by atoms with Gasteiger partial charge < -0.3 is 14.1 Å². The fraction of sp³-hybridized carbons (Fsp3) is 0.238. The van der Waals surface area contributed by atoms with Crippen LogP contribution in [0.25, 0.3) is 11.0 Å². The van der Waals surface area contributed by atoms with E-state index < -0.39 is 0 Å². The summed E-state index contributed by atoms with van der Waals surface area (Å²) in [7, 11) is 0. The average Bonchev–Trinajstić information content (AvgIpc) is 3.11. The highest BCUT2D eigenvalue weighted by molar-refractivity contribution is 5.85. The molecule has 0 atom stereocenters. The van der Waals surface area contributed by atoms with Gasteiger partial charge in [-0.05, 0) is 48.5 Å². The van der Waals surface area contributed by atoms with Crippen molar-refractivity contribution >= 4 is 22.9 Å². The van der Waals surface area contributed by atoms with E-state index in [1.165, 1.54) is 0 Å². The Balaban J connectivity index is 1.38. The molecule has 5 nitrogen and oxygen atoms in total. The van der Waals surface area contributed by atoms with E-state index >= 15 is 0 Å². The third-order valence-electron chi connectivity index (χ3n) is 4.73. The van der Waals surface area contributed by atoms with Crippen LogP contribution in [0.4, 0.5) is 5.69 Å². The summed E-state index contributed by atoms with van der Waals surface area (Å²) < 4.78 is 11.5. The van der Waals surface area contributed by atoms with Crippen LogP contribution in [0, 0.1) is 11.3 Å². The van der Waals surface area contributed by atoms with Crippen LogP contribution in [0.1, 0.15) is 29.0 Å². The first kappa shape index (κ1) is 16.2. The average molecular weight is 346 g/mol. The number of hydrogen-bond donors (Lipinski definition) is 0. The van der Waals surface area contributed by atoms with Crippen molar-refractivity contribution in [3.8, 4) is 11.8 Å². The number of aldehydes is 1. The van der Waals surface area contributed by atoms with Gasteiger partial charge in [0, 0.05) is 37.0 Å². The van der Waals surface area contributed by atoms with Crippen molar-refractivity contribution in [1.29, 1.82) is 5.26 Å². The normalized spacial score (nSPS) is 15.0. The molecule has 5 heteroatoms. The predicted octanol–water partition coefficient (Wildman–Crippen LogP) is 4.16. The monoisotopic (exact) mass is 346 g/mol. The molecule has 3 aromatic rings. The van der Waals surface area contributed by atoms with E-state index in [-0.39, 0.29) is 6.10 Å². The van der Waals surface area contributed by atoms with E-state index in [0.29, 0.717) is 23.2 Å².